The number of aliphatic hydroxyl groups is 1. The van der Waals surface area contributed by atoms with Crippen LogP contribution < -0.4 is 15.4 Å². The molecular weight excluding hydrogens is 609 g/mol. The average molecular weight is 634 g/mol. The Morgan fingerprint density at radius 1 is 1.17 bits per heavy atom. The molecule has 0 saturated heterocycles. The maximum Gasteiger partial charge on any atom is 0.309 e. The topological polar surface area (TPSA) is 134 Å². The van der Waals surface area contributed by atoms with E-state index in [-0.39, 0.29) is 36.0 Å². The van der Waals surface area contributed by atoms with Gasteiger partial charge < -0.3 is 20.2 Å². The van der Waals surface area contributed by atoms with Gasteiger partial charge in [0.1, 0.15) is 11.6 Å². The molecule has 0 unspecified atom stereocenters. The molecule has 2 atom stereocenters. The van der Waals surface area contributed by atoms with Crippen LogP contribution in [0.1, 0.15) is 27.4 Å². The number of nitrogens with zero attached hydrogens (tertiary/aromatic N) is 1. The predicted molar refractivity (Wildman–Crippen MR) is 138 cm³/mol. The molecule has 0 aliphatic heterocycles. The summed E-state index contributed by atoms with van der Waals surface area (Å²) >= 11 is 2.19. The summed E-state index contributed by atoms with van der Waals surface area (Å²) in [5.74, 6) is -2.62. The number of halogens is 3. The number of amides is 1. The fourth-order valence-electron chi connectivity index (χ4n) is 3.46. The summed E-state index contributed by atoms with van der Waals surface area (Å²) in [4.78, 5) is 16.8. The highest BCUT2D eigenvalue weighted by Gasteiger charge is 2.26. The molecule has 3 aromatic rings. The first-order valence-electron chi connectivity index (χ1n) is 10.7. The van der Waals surface area contributed by atoms with E-state index >= 15 is 0 Å². The number of carbonyl (C=O) groups excluding carboxylic acids is 1. The van der Waals surface area contributed by atoms with Gasteiger partial charge in [-0.05, 0) is 71.3 Å². The van der Waals surface area contributed by atoms with Gasteiger partial charge in [-0.25, -0.2) is 21.9 Å². The number of rotatable bonds is 11. The van der Waals surface area contributed by atoms with Crippen LogP contribution in [0.3, 0.4) is 0 Å². The standard InChI is InChI=1S/C23H25F2IN4O5S/c1-13-21(35-23(28-13)30-36(2,33)34)22(32)29-19(9-15-6-16(24)10-17(25)7-15)20(31)12-27-11-14-4-3-5-18(26)8-14/h3-8,10,19-20,27,31H,9,11-12H2,1-2H3,(H,28,30)(H,29,32)/t19-,20+/m0/s1. The molecule has 36 heavy (non-hydrogen) atoms. The van der Waals surface area contributed by atoms with Gasteiger partial charge >= 0.3 is 6.01 Å². The minimum Gasteiger partial charge on any atom is -0.417 e. The quantitative estimate of drug-likeness (QED) is 0.239. The van der Waals surface area contributed by atoms with Crippen LogP contribution in [0.15, 0.2) is 46.9 Å². The van der Waals surface area contributed by atoms with Crippen molar-refractivity contribution in [2.75, 3.05) is 17.5 Å². The summed E-state index contributed by atoms with van der Waals surface area (Å²) in [5.41, 5.74) is 1.33. The van der Waals surface area contributed by atoms with E-state index in [1.165, 1.54) is 6.92 Å². The molecule has 1 aromatic heterocycles. The SMILES string of the molecule is Cc1nc(NS(C)(=O)=O)oc1C(=O)N[C@@H](Cc1cc(F)cc(F)c1)[C@H](O)CNCc1cccc(I)c1. The molecule has 13 heteroatoms. The summed E-state index contributed by atoms with van der Waals surface area (Å²) in [5, 5.41) is 16.6. The van der Waals surface area contributed by atoms with Gasteiger partial charge in [0, 0.05) is 22.7 Å². The number of hydrogen-bond donors (Lipinski definition) is 4. The fourth-order valence-corrected chi connectivity index (χ4v) is 4.47. The monoisotopic (exact) mass is 634 g/mol. The minimum atomic E-state index is -3.69. The van der Waals surface area contributed by atoms with Gasteiger partial charge in [-0.3, -0.25) is 4.79 Å². The Balaban J connectivity index is 1.76. The molecule has 3 rings (SSSR count). The largest absolute Gasteiger partial charge is 0.417 e. The molecule has 9 nitrogen and oxygen atoms in total. The smallest absolute Gasteiger partial charge is 0.309 e. The van der Waals surface area contributed by atoms with Gasteiger partial charge in [-0.1, -0.05) is 12.1 Å². The van der Waals surface area contributed by atoms with E-state index in [1.807, 2.05) is 29.0 Å². The van der Waals surface area contributed by atoms with Crippen molar-refractivity contribution >= 4 is 44.5 Å². The van der Waals surface area contributed by atoms with Crippen molar-refractivity contribution in [3.63, 3.8) is 0 Å². The van der Waals surface area contributed by atoms with Gasteiger partial charge in [0.15, 0.2) is 0 Å². The fraction of sp³-hybridized carbons (Fsp3) is 0.304. The lowest BCUT2D eigenvalue weighted by molar-refractivity contribution is 0.0805. The number of aryl methyl sites for hydroxylation is 1. The molecule has 1 heterocycles. The Hall–Kier alpha value is -2.62. The van der Waals surface area contributed by atoms with Crippen molar-refractivity contribution in [1.29, 1.82) is 0 Å². The number of carbonyl (C=O) groups is 1. The molecule has 4 N–H and O–H groups in total. The highest BCUT2D eigenvalue weighted by molar-refractivity contribution is 14.1. The molecule has 0 aliphatic rings. The van der Waals surface area contributed by atoms with E-state index in [0.717, 1.165) is 33.6 Å². The molecule has 1 amide bonds. The van der Waals surface area contributed by atoms with Crippen LogP contribution in [0.5, 0.6) is 0 Å². The molecule has 0 spiro atoms. The van der Waals surface area contributed by atoms with Gasteiger partial charge in [0.2, 0.25) is 15.8 Å². The third-order valence-electron chi connectivity index (χ3n) is 5.01. The predicted octanol–water partition coefficient (Wildman–Crippen LogP) is 2.73. The maximum absolute atomic E-state index is 13.7. The summed E-state index contributed by atoms with van der Waals surface area (Å²) in [6.45, 7) is 1.96. The van der Waals surface area contributed by atoms with Crippen molar-refractivity contribution in [2.24, 2.45) is 0 Å². The first kappa shape index (κ1) is 28.0. The molecule has 0 aliphatic carbocycles. The summed E-state index contributed by atoms with van der Waals surface area (Å²) in [6, 6.07) is 9.35. The number of anilines is 1. The van der Waals surface area contributed by atoms with Gasteiger partial charge in [0.25, 0.3) is 5.91 Å². The van der Waals surface area contributed by atoms with E-state index in [2.05, 4.69) is 38.2 Å². The molecule has 0 saturated carbocycles. The Labute approximate surface area is 220 Å². The minimum absolute atomic E-state index is 0.0600. The maximum atomic E-state index is 13.7. The highest BCUT2D eigenvalue weighted by Crippen LogP contribution is 2.17. The third-order valence-corrected chi connectivity index (χ3v) is 6.22. The van der Waals surface area contributed by atoms with Crippen molar-refractivity contribution in [1.82, 2.24) is 15.6 Å². The number of hydrogen-bond acceptors (Lipinski definition) is 7. The summed E-state index contributed by atoms with van der Waals surface area (Å²) < 4.78 is 58.7. The normalized spacial score (nSPS) is 13.3. The van der Waals surface area contributed by atoms with Gasteiger partial charge in [0.05, 0.1) is 24.1 Å². The van der Waals surface area contributed by atoms with E-state index < -0.39 is 39.7 Å². The van der Waals surface area contributed by atoms with Gasteiger partial charge in [-0.15, -0.1) is 0 Å². The second kappa shape index (κ2) is 12.1. The zero-order valence-electron chi connectivity index (χ0n) is 19.4. The van der Waals surface area contributed by atoms with Crippen molar-refractivity contribution in [3.8, 4) is 0 Å². The second-order valence-corrected chi connectivity index (χ2v) is 11.2. The first-order chi connectivity index (χ1) is 16.9. The Bertz CT molecular complexity index is 1320. The molecule has 2 aromatic carbocycles. The average Bonchev–Trinajstić information content (AvgIpc) is 3.10. The van der Waals surface area contributed by atoms with E-state index in [1.54, 1.807) is 0 Å². The van der Waals surface area contributed by atoms with E-state index in [4.69, 9.17) is 4.42 Å². The van der Waals surface area contributed by atoms with Crippen LogP contribution in [0.4, 0.5) is 14.8 Å². The molecule has 0 fully saturated rings. The molecular formula is C23H25F2IN4O5S. The van der Waals surface area contributed by atoms with Crippen LogP contribution >= 0.6 is 22.6 Å². The zero-order valence-corrected chi connectivity index (χ0v) is 22.4. The second-order valence-electron chi connectivity index (χ2n) is 8.20. The van der Waals surface area contributed by atoms with Crippen LogP contribution in [-0.2, 0) is 23.0 Å². The lowest BCUT2D eigenvalue weighted by Crippen LogP contribution is -2.48. The third kappa shape index (κ3) is 8.50. The Morgan fingerprint density at radius 2 is 1.86 bits per heavy atom. The van der Waals surface area contributed by atoms with Crippen LogP contribution in [0.25, 0.3) is 0 Å². The zero-order chi connectivity index (χ0) is 26.5. The molecule has 0 bridgehead atoms. The van der Waals surface area contributed by atoms with E-state index in [9.17, 15) is 27.1 Å². The Kier molecular flexibility index (Phi) is 9.38. The van der Waals surface area contributed by atoms with Crippen molar-refractivity contribution in [2.45, 2.75) is 32.0 Å². The number of oxazole rings is 1. The molecule has 0 radical (unpaired) electrons. The lowest BCUT2D eigenvalue weighted by Gasteiger charge is -2.24. The van der Waals surface area contributed by atoms with Crippen molar-refractivity contribution < 1.29 is 31.5 Å². The van der Waals surface area contributed by atoms with E-state index in [0.29, 0.717) is 6.54 Å². The van der Waals surface area contributed by atoms with Crippen LogP contribution in [0.2, 0.25) is 0 Å². The Morgan fingerprint density at radius 3 is 2.50 bits per heavy atom. The number of sulfonamides is 1. The highest BCUT2D eigenvalue weighted by atomic mass is 127. The summed E-state index contributed by atoms with van der Waals surface area (Å²) in [6.07, 6.45) is -0.339. The van der Waals surface area contributed by atoms with Gasteiger partial charge in [-0.2, -0.15) is 4.98 Å². The number of aliphatic hydroxyl groups excluding tert-OH is 1. The number of benzene rings is 2. The number of aromatic nitrogens is 1. The molecule has 194 valence electrons. The lowest BCUT2D eigenvalue weighted by atomic mass is 10.00. The first-order valence-corrected chi connectivity index (χ1v) is 13.7. The van der Waals surface area contributed by atoms with Crippen LogP contribution in [0, 0.1) is 22.1 Å². The van der Waals surface area contributed by atoms with Crippen molar-refractivity contribution in [3.05, 3.63) is 80.3 Å². The van der Waals surface area contributed by atoms with Crippen LogP contribution in [-0.4, -0.2) is 49.4 Å². The summed E-state index contributed by atoms with van der Waals surface area (Å²) in [7, 11) is -3.69. The number of nitrogens with one attached hydrogen (secondary N) is 3.